The van der Waals surface area contributed by atoms with Gasteiger partial charge < -0.3 is 14.8 Å². The van der Waals surface area contributed by atoms with Gasteiger partial charge in [-0.3, -0.25) is 14.5 Å². The number of carbonyl (C=O) groups excluding carboxylic acids is 1. The summed E-state index contributed by atoms with van der Waals surface area (Å²) in [4.78, 5) is 26.4. The van der Waals surface area contributed by atoms with E-state index in [9.17, 15) is 9.59 Å². The van der Waals surface area contributed by atoms with Crippen molar-refractivity contribution in [2.75, 3.05) is 13.1 Å². The number of amides is 1. The SMILES string of the molecule is CCN(CC)Cc1cc(C(=O)NC2CCC(C(=O)O)CC2)c(-c2ccccc2)o1. The third kappa shape index (κ3) is 5.26. The predicted molar refractivity (Wildman–Crippen MR) is 112 cm³/mol. The largest absolute Gasteiger partial charge is 0.481 e. The molecule has 2 N–H and O–H groups in total. The minimum atomic E-state index is -0.739. The van der Waals surface area contributed by atoms with Crippen LogP contribution < -0.4 is 5.32 Å². The number of aliphatic carboxylic acids is 1. The maximum absolute atomic E-state index is 13.1. The molecular weight excluding hydrogens is 368 g/mol. The van der Waals surface area contributed by atoms with Gasteiger partial charge in [-0.25, -0.2) is 0 Å². The number of furan rings is 1. The minimum absolute atomic E-state index is 0.00264. The highest BCUT2D eigenvalue weighted by atomic mass is 16.4. The fourth-order valence-corrected chi connectivity index (χ4v) is 3.91. The zero-order valence-electron chi connectivity index (χ0n) is 17.2. The van der Waals surface area contributed by atoms with Gasteiger partial charge in [-0.2, -0.15) is 0 Å². The van der Waals surface area contributed by atoms with Crippen LogP contribution in [0.4, 0.5) is 0 Å². The topological polar surface area (TPSA) is 82.8 Å². The molecule has 1 aliphatic carbocycles. The van der Waals surface area contributed by atoms with E-state index in [1.165, 1.54) is 0 Å². The van der Waals surface area contributed by atoms with Crippen molar-refractivity contribution in [2.24, 2.45) is 5.92 Å². The van der Waals surface area contributed by atoms with Crippen LogP contribution in [0.1, 0.15) is 55.6 Å². The fourth-order valence-electron chi connectivity index (χ4n) is 3.91. The summed E-state index contributed by atoms with van der Waals surface area (Å²) in [6.45, 7) is 6.68. The molecule has 2 aromatic rings. The number of benzene rings is 1. The smallest absolute Gasteiger partial charge is 0.306 e. The Bertz CT molecular complexity index is 819. The van der Waals surface area contributed by atoms with E-state index in [0.717, 1.165) is 24.4 Å². The third-order valence-corrected chi connectivity index (χ3v) is 5.75. The van der Waals surface area contributed by atoms with Gasteiger partial charge in [0.15, 0.2) is 0 Å². The molecule has 0 saturated heterocycles. The summed E-state index contributed by atoms with van der Waals surface area (Å²) in [6.07, 6.45) is 2.58. The number of carbonyl (C=O) groups is 2. The highest BCUT2D eigenvalue weighted by Gasteiger charge is 2.28. The lowest BCUT2D eigenvalue weighted by Crippen LogP contribution is -2.38. The Morgan fingerprint density at radius 2 is 1.76 bits per heavy atom. The lowest BCUT2D eigenvalue weighted by Gasteiger charge is -2.26. The van der Waals surface area contributed by atoms with E-state index in [-0.39, 0.29) is 17.9 Å². The second-order valence-electron chi connectivity index (χ2n) is 7.64. The Balaban J connectivity index is 1.78. The van der Waals surface area contributed by atoms with Gasteiger partial charge in [0.1, 0.15) is 11.5 Å². The van der Waals surface area contributed by atoms with Crippen LogP contribution >= 0.6 is 0 Å². The van der Waals surface area contributed by atoms with Crippen LogP contribution in [-0.2, 0) is 11.3 Å². The quantitative estimate of drug-likeness (QED) is 0.698. The van der Waals surface area contributed by atoms with Crippen molar-refractivity contribution in [3.05, 3.63) is 47.7 Å². The van der Waals surface area contributed by atoms with Crippen LogP contribution in [0.25, 0.3) is 11.3 Å². The number of carboxylic acid groups (broad SMARTS) is 1. The second kappa shape index (κ2) is 9.74. The fraction of sp³-hybridized carbons (Fsp3) is 0.478. The molecule has 156 valence electrons. The molecule has 1 aromatic heterocycles. The van der Waals surface area contributed by atoms with Gasteiger partial charge in [-0.1, -0.05) is 44.2 Å². The summed E-state index contributed by atoms with van der Waals surface area (Å²) in [5.74, 6) is 0.170. The summed E-state index contributed by atoms with van der Waals surface area (Å²) in [5, 5.41) is 12.3. The van der Waals surface area contributed by atoms with E-state index in [2.05, 4.69) is 24.1 Å². The summed E-state index contributed by atoms with van der Waals surface area (Å²) in [5.41, 5.74) is 1.41. The summed E-state index contributed by atoms with van der Waals surface area (Å²) in [7, 11) is 0. The number of hydrogen-bond donors (Lipinski definition) is 2. The molecule has 6 heteroatoms. The average Bonchev–Trinajstić information content (AvgIpc) is 3.17. The molecule has 0 unspecified atom stereocenters. The van der Waals surface area contributed by atoms with Crippen molar-refractivity contribution in [3.63, 3.8) is 0 Å². The van der Waals surface area contributed by atoms with Crippen LogP contribution in [0.3, 0.4) is 0 Å². The van der Waals surface area contributed by atoms with Gasteiger partial charge in [0, 0.05) is 11.6 Å². The molecule has 0 spiro atoms. The first-order chi connectivity index (χ1) is 14.0. The van der Waals surface area contributed by atoms with Crippen LogP contribution in [0, 0.1) is 5.92 Å². The average molecular weight is 399 g/mol. The molecule has 1 amide bonds. The van der Waals surface area contributed by atoms with E-state index < -0.39 is 5.97 Å². The lowest BCUT2D eigenvalue weighted by molar-refractivity contribution is -0.142. The molecule has 1 aliphatic rings. The predicted octanol–water partition coefficient (Wildman–Crippen LogP) is 4.16. The lowest BCUT2D eigenvalue weighted by atomic mass is 9.86. The van der Waals surface area contributed by atoms with E-state index in [0.29, 0.717) is 43.6 Å². The zero-order chi connectivity index (χ0) is 20.8. The molecule has 0 radical (unpaired) electrons. The molecule has 1 aromatic carbocycles. The van der Waals surface area contributed by atoms with Crippen molar-refractivity contribution in [1.82, 2.24) is 10.2 Å². The number of carboxylic acids is 1. The van der Waals surface area contributed by atoms with Crippen molar-refractivity contribution in [1.29, 1.82) is 0 Å². The van der Waals surface area contributed by atoms with Crippen molar-refractivity contribution >= 4 is 11.9 Å². The minimum Gasteiger partial charge on any atom is -0.481 e. The number of rotatable bonds is 8. The molecule has 0 aliphatic heterocycles. The Hall–Kier alpha value is -2.60. The monoisotopic (exact) mass is 398 g/mol. The molecule has 3 rings (SSSR count). The van der Waals surface area contributed by atoms with Gasteiger partial charge in [-0.05, 0) is 44.8 Å². The van der Waals surface area contributed by atoms with Gasteiger partial charge in [0.05, 0.1) is 18.0 Å². The summed E-state index contributed by atoms with van der Waals surface area (Å²) >= 11 is 0. The van der Waals surface area contributed by atoms with Crippen molar-refractivity contribution in [2.45, 2.75) is 52.1 Å². The van der Waals surface area contributed by atoms with Crippen LogP contribution in [0.5, 0.6) is 0 Å². The van der Waals surface area contributed by atoms with E-state index in [4.69, 9.17) is 9.52 Å². The van der Waals surface area contributed by atoms with Gasteiger partial charge in [0.25, 0.3) is 5.91 Å². The molecule has 29 heavy (non-hydrogen) atoms. The Kier molecular flexibility index (Phi) is 7.09. The normalized spacial score (nSPS) is 19.3. The van der Waals surface area contributed by atoms with E-state index in [1.807, 2.05) is 36.4 Å². The van der Waals surface area contributed by atoms with Crippen molar-refractivity contribution < 1.29 is 19.1 Å². The maximum Gasteiger partial charge on any atom is 0.306 e. The summed E-state index contributed by atoms with van der Waals surface area (Å²) in [6, 6.07) is 11.5. The highest BCUT2D eigenvalue weighted by molar-refractivity contribution is 6.00. The Morgan fingerprint density at radius 1 is 1.10 bits per heavy atom. The van der Waals surface area contributed by atoms with Crippen LogP contribution in [0.15, 0.2) is 40.8 Å². The molecule has 1 heterocycles. The standard InChI is InChI=1S/C23H30N2O4/c1-3-25(4-2)15-19-14-20(21(29-19)16-8-6-5-7-9-16)22(26)24-18-12-10-17(11-13-18)23(27)28/h5-9,14,17-18H,3-4,10-13,15H2,1-2H3,(H,24,26)(H,27,28). The van der Waals surface area contributed by atoms with Crippen molar-refractivity contribution in [3.8, 4) is 11.3 Å². The van der Waals surface area contributed by atoms with Gasteiger partial charge in [0.2, 0.25) is 0 Å². The van der Waals surface area contributed by atoms with Gasteiger partial charge in [-0.15, -0.1) is 0 Å². The molecular formula is C23H30N2O4. The second-order valence-corrected chi connectivity index (χ2v) is 7.64. The molecule has 6 nitrogen and oxygen atoms in total. The maximum atomic E-state index is 13.1. The van der Waals surface area contributed by atoms with Crippen LogP contribution in [-0.4, -0.2) is 41.0 Å². The Labute approximate surface area is 171 Å². The molecule has 0 bridgehead atoms. The third-order valence-electron chi connectivity index (χ3n) is 5.75. The van der Waals surface area contributed by atoms with E-state index in [1.54, 1.807) is 0 Å². The number of nitrogens with one attached hydrogen (secondary N) is 1. The summed E-state index contributed by atoms with van der Waals surface area (Å²) < 4.78 is 6.11. The first-order valence-corrected chi connectivity index (χ1v) is 10.5. The Morgan fingerprint density at radius 3 is 2.34 bits per heavy atom. The number of nitrogens with zero attached hydrogens (tertiary/aromatic N) is 1. The molecule has 1 fully saturated rings. The first kappa shape index (κ1) is 21.1. The van der Waals surface area contributed by atoms with E-state index >= 15 is 0 Å². The van der Waals surface area contributed by atoms with Crippen LogP contribution in [0.2, 0.25) is 0 Å². The first-order valence-electron chi connectivity index (χ1n) is 10.5. The zero-order valence-corrected chi connectivity index (χ0v) is 17.2. The highest BCUT2D eigenvalue weighted by Crippen LogP contribution is 2.29. The van der Waals surface area contributed by atoms with Gasteiger partial charge >= 0.3 is 5.97 Å². The number of hydrogen-bond acceptors (Lipinski definition) is 4. The molecule has 1 saturated carbocycles. The molecule has 0 atom stereocenters.